The van der Waals surface area contributed by atoms with Crippen molar-refractivity contribution in [3.8, 4) is 0 Å². The fourth-order valence-electron chi connectivity index (χ4n) is 1.43. The zero-order valence-corrected chi connectivity index (χ0v) is 9.02. The van der Waals surface area contributed by atoms with Crippen LogP contribution < -0.4 is 5.73 Å². The Kier molecular flexibility index (Phi) is 2.48. The van der Waals surface area contributed by atoms with E-state index in [9.17, 15) is 5.11 Å². The molecule has 1 unspecified atom stereocenters. The molecule has 0 radical (unpaired) electrons. The van der Waals surface area contributed by atoms with Crippen LogP contribution in [0.1, 0.15) is 24.5 Å². The molecule has 1 saturated carbocycles. The maximum Gasteiger partial charge on any atom is 0.0969 e. The van der Waals surface area contributed by atoms with Gasteiger partial charge in [0, 0.05) is 5.54 Å². The standard InChI is InChI=1S/C10H11Cl2NO/c11-7-2-1-6(5-8(7)12)9(14)10(13)3-4-10/h1-2,5,9,14H,3-4,13H2. The van der Waals surface area contributed by atoms with Gasteiger partial charge >= 0.3 is 0 Å². The van der Waals surface area contributed by atoms with Crippen molar-refractivity contribution < 1.29 is 5.11 Å². The van der Waals surface area contributed by atoms with E-state index in [0.29, 0.717) is 10.0 Å². The summed E-state index contributed by atoms with van der Waals surface area (Å²) in [6, 6.07) is 5.10. The van der Waals surface area contributed by atoms with Crippen LogP contribution in [0.3, 0.4) is 0 Å². The molecule has 14 heavy (non-hydrogen) atoms. The topological polar surface area (TPSA) is 46.2 Å². The molecule has 0 aromatic heterocycles. The van der Waals surface area contributed by atoms with E-state index in [1.807, 2.05) is 0 Å². The van der Waals surface area contributed by atoms with Crippen LogP contribution in [0.5, 0.6) is 0 Å². The zero-order valence-electron chi connectivity index (χ0n) is 7.50. The quantitative estimate of drug-likeness (QED) is 0.822. The molecule has 3 N–H and O–H groups in total. The summed E-state index contributed by atoms with van der Waals surface area (Å²) in [5, 5.41) is 10.8. The highest BCUT2D eigenvalue weighted by atomic mass is 35.5. The van der Waals surface area contributed by atoms with Crippen molar-refractivity contribution in [1.29, 1.82) is 0 Å². The maximum atomic E-state index is 9.91. The van der Waals surface area contributed by atoms with Gasteiger partial charge in [0.1, 0.15) is 0 Å². The molecule has 1 aromatic carbocycles. The van der Waals surface area contributed by atoms with E-state index in [0.717, 1.165) is 18.4 Å². The normalized spacial score (nSPS) is 20.6. The number of rotatable bonds is 2. The van der Waals surface area contributed by atoms with Gasteiger partial charge in [0.05, 0.1) is 16.1 Å². The Labute approximate surface area is 92.6 Å². The molecule has 1 aliphatic carbocycles. The Balaban J connectivity index is 2.28. The third kappa shape index (κ3) is 1.75. The molecule has 1 aliphatic rings. The molecule has 0 amide bonds. The second-order valence-electron chi connectivity index (χ2n) is 3.81. The van der Waals surface area contributed by atoms with E-state index in [2.05, 4.69) is 0 Å². The molecule has 0 aliphatic heterocycles. The fraction of sp³-hybridized carbons (Fsp3) is 0.400. The summed E-state index contributed by atoms with van der Waals surface area (Å²) in [6.45, 7) is 0. The highest BCUT2D eigenvalue weighted by Gasteiger charge is 2.45. The molecule has 76 valence electrons. The lowest BCUT2D eigenvalue weighted by Gasteiger charge is -2.18. The van der Waals surface area contributed by atoms with Gasteiger partial charge in [0.2, 0.25) is 0 Å². The lowest BCUT2D eigenvalue weighted by molar-refractivity contribution is 0.136. The van der Waals surface area contributed by atoms with Gasteiger partial charge in [0.15, 0.2) is 0 Å². The van der Waals surface area contributed by atoms with E-state index in [-0.39, 0.29) is 0 Å². The predicted octanol–water partition coefficient (Wildman–Crippen LogP) is 2.52. The lowest BCUT2D eigenvalue weighted by atomic mass is 10.0. The van der Waals surface area contributed by atoms with Gasteiger partial charge in [-0.25, -0.2) is 0 Å². The van der Waals surface area contributed by atoms with Gasteiger partial charge in [-0.1, -0.05) is 29.3 Å². The highest BCUT2D eigenvalue weighted by molar-refractivity contribution is 6.42. The Morgan fingerprint density at radius 1 is 1.29 bits per heavy atom. The third-order valence-corrected chi connectivity index (χ3v) is 3.37. The van der Waals surface area contributed by atoms with Crippen LogP contribution in [0.25, 0.3) is 0 Å². The number of aliphatic hydroxyl groups is 1. The summed E-state index contributed by atoms with van der Waals surface area (Å²) < 4.78 is 0. The molecule has 0 heterocycles. The Bertz CT molecular complexity index is 363. The van der Waals surface area contributed by atoms with Crippen LogP contribution >= 0.6 is 23.2 Å². The molecule has 4 heteroatoms. The van der Waals surface area contributed by atoms with Gasteiger partial charge in [-0.15, -0.1) is 0 Å². The van der Waals surface area contributed by atoms with Gasteiger partial charge in [0.25, 0.3) is 0 Å². The number of hydrogen-bond donors (Lipinski definition) is 2. The predicted molar refractivity (Wildman–Crippen MR) is 57.6 cm³/mol. The first-order valence-corrected chi connectivity index (χ1v) is 5.20. The van der Waals surface area contributed by atoms with Crippen molar-refractivity contribution in [3.63, 3.8) is 0 Å². The van der Waals surface area contributed by atoms with Crippen molar-refractivity contribution in [2.24, 2.45) is 5.73 Å². The number of benzene rings is 1. The second kappa shape index (κ2) is 3.38. The fourth-order valence-corrected chi connectivity index (χ4v) is 1.74. The van der Waals surface area contributed by atoms with Crippen molar-refractivity contribution in [1.82, 2.24) is 0 Å². The van der Waals surface area contributed by atoms with Crippen molar-refractivity contribution in [3.05, 3.63) is 33.8 Å². The molecule has 1 aromatic rings. The highest BCUT2D eigenvalue weighted by Crippen LogP contribution is 2.44. The molecule has 0 spiro atoms. The average Bonchev–Trinajstić information content (AvgIpc) is 2.89. The van der Waals surface area contributed by atoms with Crippen LogP contribution in [0.2, 0.25) is 10.0 Å². The maximum absolute atomic E-state index is 9.91. The molecular formula is C10H11Cl2NO. The minimum absolute atomic E-state index is 0.447. The molecular weight excluding hydrogens is 221 g/mol. The van der Waals surface area contributed by atoms with Crippen LogP contribution in [-0.4, -0.2) is 10.6 Å². The second-order valence-corrected chi connectivity index (χ2v) is 4.62. The van der Waals surface area contributed by atoms with Crippen LogP contribution in [0.15, 0.2) is 18.2 Å². The Morgan fingerprint density at radius 3 is 2.43 bits per heavy atom. The summed E-state index contributed by atoms with van der Waals surface area (Å²) >= 11 is 11.6. The van der Waals surface area contributed by atoms with Crippen molar-refractivity contribution in [2.75, 3.05) is 0 Å². The lowest BCUT2D eigenvalue weighted by Crippen LogP contribution is -2.30. The minimum Gasteiger partial charge on any atom is -0.386 e. The third-order valence-electron chi connectivity index (χ3n) is 2.63. The molecule has 0 bridgehead atoms. The van der Waals surface area contributed by atoms with Crippen molar-refractivity contribution >= 4 is 23.2 Å². The SMILES string of the molecule is NC1(C(O)c2ccc(Cl)c(Cl)c2)CC1. The van der Waals surface area contributed by atoms with E-state index < -0.39 is 11.6 Å². The summed E-state index contributed by atoms with van der Waals surface area (Å²) in [5.41, 5.74) is 6.17. The molecule has 2 rings (SSSR count). The number of halogens is 2. The molecule has 1 atom stereocenters. The monoisotopic (exact) mass is 231 g/mol. The van der Waals surface area contributed by atoms with E-state index in [1.165, 1.54) is 0 Å². The summed E-state index contributed by atoms with van der Waals surface area (Å²) in [6.07, 6.45) is 1.07. The summed E-state index contributed by atoms with van der Waals surface area (Å²) in [4.78, 5) is 0. The van der Waals surface area contributed by atoms with Gasteiger partial charge in [-0.2, -0.15) is 0 Å². The van der Waals surface area contributed by atoms with Crippen molar-refractivity contribution in [2.45, 2.75) is 24.5 Å². The zero-order chi connectivity index (χ0) is 10.3. The average molecular weight is 232 g/mol. The van der Waals surface area contributed by atoms with Gasteiger partial charge < -0.3 is 10.8 Å². The van der Waals surface area contributed by atoms with Gasteiger partial charge in [-0.05, 0) is 30.5 Å². The largest absolute Gasteiger partial charge is 0.386 e. The molecule has 0 saturated heterocycles. The first-order chi connectivity index (χ1) is 6.53. The summed E-state index contributed by atoms with van der Waals surface area (Å²) in [5.74, 6) is 0. The smallest absolute Gasteiger partial charge is 0.0969 e. The minimum atomic E-state index is -0.641. The Hall–Kier alpha value is -0.280. The van der Waals surface area contributed by atoms with E-state index >= 15 is 0 Å². The van der Waals surface area contributed by atoms with E-state index in [4.69, 9.17) is 28.9 Å². The van der Waals surface area contributed by atoms with E-state index in [1.54, 1.807) is 18.2 Å². The molecule has 1 fully saturated rings. The molecule has 2 nitrogen and oxygen atoms in total. The Morgan fingerprint density at radius 2 is 1.93 bits per heavy atom. The first-order valence-electron chi connectivity index (χ1n) is 4.45. The van der Waals surface area contributed by atoms with Gasteiger partial charge in [-0.3, -0.25) is 0 Å². The summed E-state index contributed by atoms with van der Waals surface area (Å²) in [7, 11) is 0. The number of nitrogens with two attached hydrogens (primary N) is 1. The van der Waals surface area contributed by atoms with Crippen LogP contribution in [0, 0.1) is 0 Å². The first kappa shape index (κ1) is 10.2. The van der Waals surface area contributed by atoms with Crippen LogP contribution in [-0.2, 0) is 0 Å². The number of aliphatic hydroxyl groups excluding tert-OH is 1. The van der Waals surface area contributed by atoms with Crippen LogP contribution in [0.4, 0.5) is 0 Å². The number of hydrogen-bond acceptors (Lipinski definition) is 2.